The van der Waals surface area contributed by atoms with Crippen molar-refractivity contribution in [3.63, 3.8) is 0 Å². The smallest absolute Gasteiger partial charge is 0.328 e. The Hall–Kier alpha value is -2.24. The second-order valence-corrected chi connectivity index (χ2v) is 5.64. The van der Waals surface area contributed by atoms with E-state index in [0.717, 1.165) is 12.1 Å². The minimum Gasteiger partial charge on any atom is -0.495 e. The minimum absolute atomic E-state index is 0.00254. The molecule has 0 fully saturated rings. The van der Waals surface area contributed by atoms with E-state index in [1.807, 2.05) is 49.9 Å². The number of likely N-dealkylation sites (N-methyl/N-ethyl adjacent to an activating group) is 1. The van der Waals surface area contributed by atoms with Gasteiger partial charge in [-0.05, 0) is 25.0 Å². The molecule has 0 aliphatic rings. The predicted octanol–water partition coefficient (Wildman–Crippen LogP) is 2.23. The molecule has 0 aliphatic carbocycles. The Labute approximate surface area is 144 Å². The van der Waals surface area contributed by atoms with E-state index in [1.54, 1.807) is 7.11 Å². The normalized spacial score (nSPS) is 12.9. The molecule has 1 amide bonds. The van der Waals surface area contributed by atoms with Gasteiger partial charge in [0.1, 0.15) is 11.8 Å². The number of hydrogen-bond acceptors (Lipinski definition) is 5. The van der Waals surface area contributed by atoms with Gasteiger partial charge in [0.2, 0.25) is 5.91 Å². The summed E-state index contributed by atoms with van der Waals surface area (Å²) in [5, 5.41) is 2.79. The van der Waals surface area contributed by atoms with Gasteiger partial charge in [-0.25, -0.2) is 4.79 Å². The van der Waals surface area contributed by atoms with Gasteiger partial charge in [-0.15, -0.1) is 0 Å². The highest BCUT2D eigenvalue weighted by atomic mass is 16.5. The number of nitrogens with zero attached hydrogens (tertiary/aromatic N) is 1. The molecule has 0 aromatic heterocycles. The Balaban J connectivity index is 2.84. The zero-order valence-corrected chi connectivity index (χ0v) is 15.2. The van der Waals surface area contributed by atoms with E-state index in [1.165, 1.54) is 7.11 Å². The Bertz CT molecular complexity index is 548. The molecular formula is C18H28N2O4. The number of amides is 1. The summed E-state index contributed by atoms with van der Waals surface area (Å²) in [5.41, 5.74) is 0.843. The molecule has 0 saturated heterocycles. The highest BCUT2D eigenvalue weighted by molar-refractivity contribution is 5.87. The van der Waals surface area contributed by atoms with E-state index in [4.69, 9.17) is 9.47 Å². The van der Waals surface area contributed by atoms with Crippen LogP contribution in [0.25, 0.3) is 0 Å². The monoisotopic (exact) mass is 336 g/mol. The number of ether oxygens (including phenoxy) is 2. The highest BCUT2D eigenvalue weighted by Crippen LogP contribution is 2.27. The van der Waals surface area contributed by atoms with Crippen molar-refractivity contribution in [2.75, 3.05) is 32.2 Å². The van der Waals surface area contributed by atoms with Crippen molar-refractivity contribution in [1.82, 2.24) is 5.32 Å². The lowest BCUT2D eigenvalue weighted by Crippen LogP contribution is -2.49. The van der Waals surface area contributed by atoms with Crippen LogP contribution in [0.3, 0.4) is 0 Å². The number of benzene rings is 1. The fourth-order valence-corrected chi connectivity index (χ4v) is 2.45. The Morgan fingerprint density at radius 1 is 1.21 bits per heavy atom. The fraction of sp³-hybridized carbons (Fsp3) is 0.556. The van der Waals surface area contributed by atoms with Crippen LogP contribution in [0, 0.1) is 5.92 Å². The Kier molecular flexibility index (Phi) is 8.09. The molecule has 1 aromatic rings. The molecule has 2 unspecified atom stereocenters. The molecule has 0 aliphatic heterocycles. The number of esters is 1. The van der Waals surface area contributed by atoms with E-state index in [2.05, 4.69) is 5.32 Å². The van der Waals surface area contributed by atoms with Gasteiger partial charge in [-0.3, -0.25) is 4.79 Å². The van der Waals surface area contributed by atoms with Gasteiger partial charge in [-0.1, -0.05) is 32.4 Å². The Morgan fingerprint density at radius 2 is 1.88 bits per heavy atom. The van der Waals surface area contributed by atoms with Crippen molar-refractivity contribution in [3.05, 3.63) is 24.3 Å². The molecule has 1 aromatic carbocycles. The molecule has 6 nitrogen and oxygen atoms in total. The topological polar surface area (TPSA) is 67.9 Å². The summed E-state index contributed by atoms with van der Waals surface area (Å²) in [6.07, 6.45) is 0.768. The van der Waals surface area contributed by atoms with E-state index in [-0.39, 0.29) is 18.4 Å². The Morgan fingerprint density at radius 3 is 2.42 bits per heavy atom. The number of hydrogen-bond donors (Lipinski definition) is 1. The largest absolute Gasteiger partial charge is 0.495 e. The van der Waals surface area contributed by atoms with Gasteiger partial charge < -0.3 is 19.7 Å². The van der Waals surface area contributed by atoms with E-state index in [9.17, 15) is 9.59 Å². The first kappa shape index (κ1) is 19.8. The van der Waals surface area contributed by atoms with E-state index < -0.39 is 12.0 Å². The molecule has 1 rings (SSSR count). The standard InChI is InChI=1S/C18H28N2O4/c1-6-13(3)17(18(22)24-5)19-16(21)12-20(7-2)14-10-8-9-11-15(14)23-4/h8-11,13,17H,6-7,12H2,1-5H3,(H,19,21). The van der Waals surface area contributed by atoms with Crippen LogP contribution in [-0.4, -0.2) is 45.2 Å². The van der Waals surface area contributed by atoms with Gasteiger partial charge in [0.25, 0.3) is 0 Å². The summed E-state index contributed by atoms with van der Waals surface area (Å²) >= 11 is 0. The maximum absolute atomic E-state index is 12.4. The first-order valence-corrected chi connectivity index (χ1v) is 8.23. The number of methoxy groups -OCH3 is 2. The summed E-state index contributed by atoms with van der Waals surface area (Å²) in [5.74, 6) is 0.0674. The average molecular weight is 336 g/mol. The van der Waals surface area contributed by atoms with Crippen LogP contribution in [-0.2, 0) is 14.3 Å². The molecule has 0 spiro atoms. The third-order valence-electron chi connectivity index (χ3n) is 4.13. The molecule has 0 heterocycles. The van der Waals surface area contributed by atoms with Crippen LogP contribution in [0.15, 0.2) is 24.3 Å². The lowest BCUT2D eigenvalue weighted by molar-refractivity contribution is -0.146. The minimum atomic E-state index is -0.635. The van der Waals surface area contributed by atoms with Gasteiger partial charge in [-0.2, -0.15) is 0 Å². The first-order chi connectivity index (χ1) is 11.5. The molecule has 1 N–H and O–H groups in total. The molecule has 0 bridgehead atoms. The fourth-order valence-electron chi connectivity index (χ4n) is 2.45. The molecule has 0 saturated carbocycles. The lowest BCUT2D eigenvalue weighted by Gasteiger charge is -2.27. The van der Waals surface area contributed by atoms with Crippen molar-refractivity contribution in [3.8, 4) is 5.75 Å². The van der Waals surface area contributed by atoms with Crippen molar-refractivity contribution < 1.29 is 19.1 Å². The summed E-state index contributed by atoms with van der Waals surface area (Å²) in [7, 11) is 2.93. The van der Waals surface area contributed by atoms with Crippen LogP contribution in [0.1, 0.15) is 27.2 Å². The number of carbonyl (C=O) groups excluding carboxylic acids is 2. The third-order valence-corrected chi connectivity index (χ3v) is 4.13. The van der Waals surface area contributed by atoms with Gasteiger partial charge in [0.15, 0.2) is 0 Å². The maximum Gasteiger partial charge on any atom is 0.328 e. The van der Waals surface area contributed by atoms with Gasteiger partial charge in [0.05, 0.1) is 26.5 Å². The van der Waals surface area contributed by atoms with Crippen LogP contribution < -0.4 is 15.0 Å². The zero-order chi connectivity index (χ0) is 18.1. The first-order valence-electron chi connectivity index (χ1n) is 8.23. The summed E-state index contributed by atoms with van der Waals surface area (Å²) in [6.45, 7) is 6.63. The lowest BCUT2D eigenvalue weighted by atomic mass is 9.99. The van der Waals surface area contributed by atoms with Crippen molar-refractivity contribution >= 4 is 17.6 Å². The third kappa shape index (κ3) is 5.15. The molecule has 6 heteroatoms. The molecule has 134 valence electrons. The van der Waals surface area contributed by atoms with Crippen LogP contribution in [0.4, 0.5) is 5.69 Å². The summed E-state index contributed by atoms with van der Waals surface area (Å²) in [4.78, 5) is 26.2. The van der Waals surface area contributed by atoms with Crippen LogP contribution >= 0.6 is 0 Å². The highest BCUT2D eigenvalue weighted by Gasteiger charge is 2.27. The van der Waals surface area contributed by atoms with Crippen LogP contribution in [0.5, 0.6) is 5.75 Å². The van der Waals surface area contributed by atoms with Crippen molar-refractivity contribution in [1.29, 1.82) is 0 Å². The molecular weight excluding hydrogens is 308 g/mol. The van der Waals surface area contributed by atoms with Crippen molar-refractivity contribution in [2.45, 2.75) is 33.2 Å². The van der Waals surface area contributed by atoms with Gasteiger partial charge >= 0.3 is 5.97 Å². The SMILES string of the molecule is CCC(C)C(NC(=O)CN(CC)c1ccccc1OC)C(=O)OC. The number of nitrogens with one attached hydrogen (secondary N) is 1. The number of carbonyl (C=O) groups is 2. The predicted molar refractivity (Wildman–Crippen MR) is 94.3 cm³/mol. The second kappa shape index (κ2) is 9.80. The number of para-hydroxylation sites is 2. The zero-order valence-electron chi connectivity index (χ0n) is 15.2. The molecule has 24 heavy (non-hydrogen) atoms. The second-order valence-electron chi connectivity index (χ2n) is 5.64. The van der Waals surface area contributed by atoms with Crippen LogP contribution in [0.2, 0.25) is 0 Å². The number of rotatable bonds is 9. The van der Waals surface area contributed by atoms with E-state index >= 15 is 0 Å². The summed E-state index contributed by atoms with van der Waals surface area (Å²) < 4.78 is 10.2. The van der Waals surface area contributed by atoms with Gasteiger partial charge in [0, 0.05) is 6.54 Å². The molecule has 2 atom stereocenters. The molecule has 0 radical (unpaired) electrons. The van der Waals surface area contributed by atoms with Crippen molar-refractivity contribution in [2.24, 2.45) is 5.92 Å². The maximum atomic E-state index is 12.4. The number of anilines is 1. The quantitative estimate of drug-likeness (QED) is 0.701. The average Bonchev–Trinajstić information content (AvgIpc) is 2.62. The van der Waals surface area contributed by atoms with E-state index in [0.29, 0.717) is 12.3 Å². The summed E-state index contributed by atoms with van der Waals surface area (Å²) in [6, 6.07) is 6.90.